The molecule has 0 amide bonds. The second-order valence-electron chi connectivity index (χ2n) is 4.22. The zero-order chi connectivity index (χ0) is 13.7. The minimum Gasteiger partial charge on any atom is -0.493 e. The SMILES string of the molecule is CCOc1ccccc1-c1cc(CC(C)=NO)[nH]n1. The molecule has 100 valence electrons. The predicted octanol–water partition coefficient (Wildman–Crippen LogP) is 2.87. The van der Waals surface area contributed by atoms with Crippen molar-refractivity contribution in [2.45, 2.75) is 20.3 Å². The van der Waals surface area contributed by atoms with E-state index in [0.29, 0.717) is 18.7 Å². The Labute approximate surface area is 111 Å². The summed E-state index contributed by atoms with van der Waals surface area (Å²) >= 11 is 0. The highest BCUT2D eigenvalue weighted by atomic mass is 16.5. The number of oxime groups is 1. The second kappa shape index (κ2) is 6.04. The van der Waals surface area contributed by atoms with Crippen LogP contribution in [0.25, 0.3) is 11.3 Å². The van der Waals surface area contributed by atoms with Gasteiger partial charge in [-0.15, -0.1) is 0 Å². The maximum Gasteiger partial charge on any atom is 0.128 e. The smallest absolute Gasteiger partial charge is 0.128 e. The van der Waals surface area contributed by atoms with E-state index >= 15 is 0 Å². The van der Waals surface area contributed by atoms with Crippen molar-refractivity contribution in [1.82, 2.24) is 10.2 Å². The zero-order valence-electron chi connectivity index (χ0n) is 11.1. The van der Waals surface area contributed by atoms with Crippen molar-refractivity contribution in [3.8, 4) is 17.0 Å². The van der Waals surface area contributed by atoms with Gasteiger partial charge in [0.1, 0.15) is 5.75 Å². The molecule has 0 bridgehead atoms. The number of nitrogens with one attached hydrogen (secondary N) is 1. The van der Waals surface area contributed by atoms with Crippen molar-refractivity contribution in [2.24, 2.45) is 5.16 Å². The summed E-state index contributed by atoms with van der Waals surface area (Å²) in [4.78, 5) is 0. The van der Waals surface area contributed by atoms with Crippen LogP contribution in [0, 0.1) is 0 Å². The summed E-state index contributed by atoms with van der Waals surface area (Å²) in [6.07, 6.45) is 0.542. The van der Waals surface area contributed by atoms with E-state index in [1.807, 2.05) is 37.3 Å². The van der Waals surface area contributed by atoms with E-state index in [1.165, 1.54) is 0 Å². The van der Waals surface area contributed by atoms with E-state index in [1.54, 1.807) is 6.92 Å². The highest BCUT2D eigenvalue weighted by Crippen LogP contribution is 2.28. The van der Waals surface area contributed by atoms with E-state index in [-0.39, 0.29) is 0 Å². The minimum absolute atomic E-state index is 0.542. The van der Waals surface area contributed by atoms with Crippen LogP contribution in [0.15, 0.2) is 35.5 Å². The number of benzene rings is 1. The maximum absolute atomic E-state index is 8.67. The number of nitrogens with zero attached hydrogens (tertiary/aromatic N) is 2. The summed E-state index contributed by atoms with van der Waals surface area (Å²) in [6, 6.07) is 9.72. The molecule has 1 heterocycles. The molecule has 0 aliphatic heterocycles. The summed E-state index contributed by atoms with van der Waals surface area (Å²) in [5.41, 5.74) is 3.31. The zero-order valence-corrected chi connectivity index (χ0v) is 11.1. The first kappa shape index (κ1) is 13.1. The van der Waals surface area contributed by atoms with Crippen LogP contribution >= 0.6 is 0 Å². The Morgan fingerprint density at radius 3 is 2.95 bits per heavy atom. The van der Waals surface area contributed by atoms with Gasteiger partial charge in [0.25, 0.3) is 0 Å². The average molecular weight is 259 g/mol. The lowest BCUT2D eigenvalue weighted by Crippen LogP contribution is -1.97. The molecule has 2 aromatic rings. The number of H-pyrrole nitrogens is 1. The maximum atomic E-state index is 8.67. The van der Waals surface area contributed by atoms with Gasteiger partial charge < -0.3 is 9.94 Å². The quantitative estimate of drug-likeness (QED) is 0.492. The molecule has 2 N–H and O–H groups in total. The van der Waals surface area contributed by atoms with Crippen molar-refractivity contribution in [1.29, 1.82) is 0 Å². The Morgan fingerprint density at radius 2 is 2.21 bits per heavy atom. The molecule has 0 fully saturated rings. The Morgan fingerprint density at radius 1 is 1.42 bits per heavy atom. The molecule has 0 saturated carbocycles. The molecule has 0 aliphatic carbocycles. The van der Waals surface area contributed by atoms with Crippen LogP contribution < -0.4 is 4.74 Å². The third kappa shape index (κ3) is 3.13. The van der Waals surface area contributed by atoms with Crippen molar-refractivity contribution >= 4 is 5.71 Å². The van der Waals surface area contributed by atoms with E-state index in [2.05, 4.69) is 15.4 Å². The van der Waals surface area contributed by atoms with Crippen LogP contribution in [0.5, 0.6) is 5.75 Å². The van der Waals surface area contributed by atoms with Gasteiger partial charge in [-0.05, 0) is 32.0 Å². The molecular weight excluding hydrogens is 242 g/mol. The largest absolute Gasteiger partial charge is 0.493 e. The molecule has 19 heavy (non-hydrogen) atoms. The number of hydrogen-bond donors (Lipinski definition) is 2. The van der Waals surface area contributed by atoms with Crippen LogP contribution in [0.2, 0.25) is 0 Å². The lowest BCUT2D eigenvalue weighted by atomic mass is 10.1. The van der Waals surface area contributed by atoms with Gasteiger partial charge in [-0.2, -0.15) is 5.10 Å². The molecule has 1 aromatic carbocycles. The highest BCUT2D eigenvalue weighted by Gasteiger charge is 2.09. The van der Waals surface area contributed by atoms with Gasteiger partial charge >= 0.3 is 0 Å². The summed E-state index contributed by atoms with van der Waals surface area (Å²) in [5.74, 6) is 0.815. The van der Waals surface area contributed by atoms with Gasteiger partial charge in [-0.1, -0.05) is 17.3 Å². The topological polar surface area (TPSA) is 70.5 Å². The number of para-hydroxylation sites is 1. The summed E-state index contributed by atoms with van der Waals surface area (Å²) in [7, 11) is 0. The third-order valence-corrected chi connectivity index (χ3v) is 2.71. The minimum atomic E-state index is 0.542. The molecule has 0 aliphatic rings. The van der Waals surface area contributed by atoms with Gasteiger partial charge in [0.15, 0.2) is 0 Å². The van der Waals surface area contributed by atoms with Gasteiger partial charge in [0.05, 0.1) is 18.0 Å². The Bertz CT molecular complexity index is 576. The fraction of sp³-hybridized carbons (Fsp3) is 0.286. The molecule has 0 unspecified atom stereocenters. The van der Waals surface area contributed by atoms with E-state index in [0.717, 1.165) is 22.7 Å². The monoisotopic (exact) mass is 259 g/mol. The summed E-state index contributed by atoms with van der Waals surface area (Å²) in [5, 5.41) is 19.0. The summed E-state index contributed by atoms with van der Waals surface area (Å²) in [6.45, 7) is 4.33. The van der Waals surface area contributed by atoms with Gasteiger partial charge in [0, 0.05) is 17.7 Å². The van der Waals surface area contributed by atoms with Crippen LogP contribution in [0.4, 0.5) is 0 Å². The predicted molar refractivity (Wildman–Crippen MR) is 73.8 cm³/mol. The molecule has 0 spiro atoms. The molecule has 0 radical (unpaired) electrons. The van der Waals surface area contributed by atoms with Crippen molar-refractivity contribution in [3.63, 3.8) is 0 Å². The third-order valence-electron chi connectivity index (χ3n) is 2.71. The second-order valence-corrected chi connectivity index (χ2v) is 4.22. The fourth-order valence-corrected chi connectivity index (χ4v) is 1.86. The summed E-state index contributed by atoms with van der Waals surface area (Å²) < 4.78 is 5.59. The van der Waals surface area contributed by atoms with Crippen LogP contribution in [-0.4, -0.2) is 27.7 Å². The van der Waals surface area contributed by atoms with E-state index < -0.39 is 0 Å². The number of aromatic nitrogens is 2. The number of ether oxygens (including phenoxy) is 1. The standard InChI is InChI=1S/C14H17N3O2/c1-3-19-14-7-5-4-6-12(14)13-9-11(15-16-13)8-10(2)17-18/h4-7,9,18H,3,8H2,1-2H3,(H,15,16). The molecule has 5 heteroatoms. The molecule has 2 rings (SSSR count). The fourth-order valence-electron chi connectivity index (χ4n) is 1.86. The lowest BCUT2D eigenvalue weighted by molar-refractivity contribution is 0.317. The molecular formula is C14H17N3O2. The van der Waals surface area contributed by atoms with E-state index in [4.69, 9.17) is 9.94 Å². The van der Waals surface area contributed by atoms with Crippen LogP contribution in [-0.2, 0) is 6.42 Å². The van der Waals surface area contributed by atoms with Gasteiger partial charge in [0.2, 0.25) is 0 Å². The normalized spacial score (nSPS) is 11.6. The molecule has 1 aromatic heterocycles. The van der Waals surface area contributed by atoms with Crippen molar-refractivity contribution < 1.29 is 9.94 Å². The van der Waals surface area contributed by atoms with Crippen molar-refractivity contribution in [2.75, 3.05) is 6.61 Å². The highest BCUT2D eigenvalue weighted by molar-refractivity contribution is 5.83. The Hall–Kier alpha value is -2.30. The van der Waals surface area contributed by atoms with Crippen LogP contribution in [0.1, 0.15) is 19.5 Å². The Balaban J connectivity index is 2.27. The number of rotatable bonds is 5. The first-order chi connectivity index (χ1) is 9.24. The molecule has 0 atom stereocenters. The number of aromatic amines is 1. The first-order valence-corrected chi connectivity index (χ1v) is 6.18. The van der Waals surface area contributed by atoms with Crippen LogP contribution in [0.3, 0.4) is 0 Å². The molecule has 0 saturated heterocycles. The van der Waals surface area contributed by atoms with Crippen molar-refractivity contribution in [3.05, 3.63) is 36.0 Å². The van der Waals surface area contributed by atoms with E-state index in [9.17, 15) is 0 Å². The lowest BCUT2D eigenvalue weighted by Gasteiger charge is -2.07. The van der Waals surface area contributed by atoms with Gasteiger partial charge in [-0.25, -0.2) is 0 Å². The molecule has 5 nitrogen and oxygen atoms in total. The Kier molecular flexibility index (Phi) is 4.18. The first-order valence-electron chi connectivity index (χ1n) is 6.18. The number of hydrogen-bond acceptors (Lipinski definition) is 4. The van der Waals surface area contributed by atoms with Gasteiger partial charge in [-0.3, -0.25) is 5.10 Å². The average Bonchev–Trinajstić information content (AvgIpc) is 2.88.